The van der Waals surface area contributed by atoms with Gasteiger partial charge in [0.25, 0.3) is 0 Å². The number of likely N-dealkylation sites (tertiary alicyclic amines) is 1. The smallest absolute Gasteiger partial charge is 0.236 e. The van der Waals surface area contributed by atoms with Crippen molar-refractivity contribution in [2.24, 2.45) is 10.9 Å². The summed E-state index contributed by atoms with van der Waals surface area (Å²) in [4.78, 5) is 23.7. The summed E-state index contributed by atoms with van der Waals surface area (Å²) in [5.74, 6) is 2.10. The van der Waals surface area contributed by atoms with E-state index in [2.05, 4.69) is 25.5 Å². The molecular formula is C18H26IN5O2S. The number of amides is 1. The van der Waals surface area contributed by atoms with Crippen molar-refractivity contribution in [3.63, 3.8) is 0 Å². The van der Waals surface area contributed by atoms with Crippen LogP contribution in [0, 0.1) is 5.92 Å². The third kappa shape index (κ3) is 5.93. The molecule has 1 saturated heterocycles. The molecule has 2 aromatic rings. The van der Waals surface area contributed by atoms with Gasteiger partial charge in [-0.15, -0.1) is 35.3 Å². The average Bonchev–Trinajstić information content (AvgIpc) is 3.35. The highest BCUT2D eigenvalue weighted by Crippen LogP contribution is 2.24. The number of thiophene rings is 1. The molecule has 0 atom stereocenters. The van der Waals surface area contributed by atoms with E-state index in [9.17, 15) is 4.79 Å². The van der Waals surface area contributed by atoms with Gasteiger partial charge in [-0.25, -0.2) is 4.98 Å². The molecule has 27 heavy (non-hydrogen) atoms. The molecule has 3 rings (SSSR count). The van der Waals surface area contributed by atoms with Crippen molar-refractivity contribution in [2.45, 2.75) is 25.8 Å². The van der Waals surface area contributed by atoms with E-state index in [1.165, 1.54) is 0 Å². The van der Waals surface area contributed by atoms with Crippen molar-refractivity contribution in [1.82, 2.24) is 20.5 Å². The Morgan fingerprint density at radius 3 is 2.85 bits per heavy atom. The Labute approximate surface area is 180 Å². The molecule has 2 N–H and O–H groups in total. The predicted molar refractivity (Wildman–Crippen MR) is 118 cm³/mol. The summed E-state index contributed by atoms with van der Waals surface area (Å²) in [5, 5.41) is 8.07. The minimum absolute atomic E-state index is 0. The quantitative estimate of drug-likeness (QED) is 0.373. The van der Waals surface area contributed by atoms with Gasteiger partial charge in [0.15, 0.2) is 5.96 Å². The van der Waals surface area contributed by atoms with E-state index >= 15 is 0 Å². The molecule has 9 heteroatoms. The zero-order valence-electron chi connectivity index (χ0n) is 15.6. The van der Waals surface area contributed by atoms with E-state index in [0.717, 1.165) is 42.5 Å². The first-order valence-corrected chi connectivity index (χ1v) is 9.72. The monoisotopic (exact) mass is 503 g/mol. The second kappa shape index (κ2) is 10.6. The van der Waals surface area contributed by atoms with Crippen molar-refractivity contribution in [1.29, 1.82) is 0 Å². The number of guanidine groups is 1. The van der Waals surface area contributed by atoms with Crippen molar-refractivity contribution in [3.8, 4) is 10.8 Å². The summed E-state index contributed by atoms with van der Waals surface area (Å²) in [6.45, 7) is 2.38. The lowest BCUT2D eigenvalue weighted by Crippen LogP contribution is -2.45. The lowest BCUT2D eigenvalue weighted by Gasteiger charge is -2.33. The number of halogens is 1. The number of aromatic nitrogens is 1. The summed E-state index contributed by atoms with van der Waals surface area (Å²) >= 11 is 1.61. The Kier molecular flexibility index (Phi) is 8.55. The number of hydrogen-bond donors (Lipinski definition) is 2. The largest absolute Gasteiger partial charge is 0.443 e. The van der Waals surface area contributed by atoms with Crippen LogP contribution in [0.2, 0.25) is 0 Å². The van der Waals surface area contributed by atoms with E-state index < -0.39 is 0 Å². The molecule has 3 heterocycles. The number of rotatable bonds is 5. The summed E-state index contributed by atoms with van der Waals surface area (Å²) in [5.41, 5.74) is 0.851. The highest BCUT2D eigenvalue weighted by Gasteiger charge is 2.23. The van der Waals surface area contributed by atoms with Crippen LogP contribution in [0.4, 0.5) is 0 Å². The Morgan fingerprint density at radius 1 is 1.44 bits per heavy atom. The van der Waals surface area contributed by atoms with Crippen LogP contribution < -0.4 is 10.6 Å². The molecular weight excluding hydrogens is 477 g/mol. The zero-order chi connectivity index (χ0) is 18.4. The van der Waals surface area contributed by atoms with Gasteiger partial charge in [-0.05, 0) is 30.2 Å². The van der Waals surface area contributed by atoms with Gasteiger partial charge >= 0.3 is 0 Å². The molecule has 0 spiro atoms. The molecule has 1 amide bonds. The highest BCUT2D eigenvalue weighted by molar-refractivity contribution is 14.0. The highest BCUT2D eigenvalue weighted by atomic mass is 127. The van der Waals surface area contributed by atoms with E-state index in [1.54, 1.807) is 31.7 Å². The van der Waals surface area contributed by atoms with Gasteiger partial charge in [0.2, 0.25) is 11.8 Å². The standard InChI is InChI=1S/C18H25N5O2S.HI/c1-19-16(24)10-13-5-7-23(8-6-13)18(20-2)21-11-14-12-25-17(22-14)15-4-3-9-26-15;/h3-4,9,12-13H,5-8,10-11H2,1-2H3,(H,19,24)(H,20,21);1H. The SMILES string of the molecule is CN=C(NCc1coc(-c2cccs2)n1)N1CCC(CC(=O)NC)CC1.I. The number of carbonyl (C=O) groups is 1. The maximum Gasteiger partial charge on any atom is 0.236 e. The molecule has 0 bridgehead atoms. The Morgan fingerprint density at radius 2 is 2.22 bits per heavy atom. The number of oxazole rings is 1. The molecule has 0 aliphatic carbocycles. The molecule has 7 nitrogen and oxygen atoms in total. The lowest BCUT2D eigenvalue weighted by atomic mass is 9.93. The number of nitrogens with one attached hydrogen (secondary N) is 2. The van der Waals surface area contributed by atoms with Crippen LogP contribution >= 0.6 is 35.3 Å². The first-order chi connectivity index (χ1) is 12.7. The first-order valence-electron chi connectivity index (χ1n) is 8.84. The van der Waals surface area contributed by atoms with Gasteiger partial charge in [0, 0.05) is 33.6 Å². The minimum atomic E-state index is 0. The summed E-state index contributed by atoms with van der Waals surface area (Å²) in [7, 11) is 3.48. The van der Waals surface area contributed by atoms with E-state index in [-0.39, 0.29) is 29.9 Å². The Bertz CT molecular complexity index is 739. The lowest BCUT2D eigenvalue weighted by molar-refractivity contribution is -0.121. The van der Waals surface area contributed by atoms with Gasteiger partial charge in [-0.1, -0.05) is 6.07 Å². The third-order valence-electron chi connectivity index (χ3n) is 4.59. The van der Waals surface area contributed by atoms with Crippen LogP contribution in [0.25, 0.3) is 10.8 Å². The molecule has 1 aliphatic rings. The summed E-state index contributed by atoms with van der Waals surface area (Å²) in [6, 6.07) is 3.98. The fourth-order valence-electron chi connectivity index (χ4n) is 3.12. The van der Waals surface area contributed by atoms with Gasteiger partial charge < -0.3 is 20.0 Å². The Balaban J connectivity index is 0.00000261. The van der Waals surface area contributed by atoms with E-state index in [0.29, 0.717) is 24.8 Å². The van der Waals surface area contributed by atoms with Crippen LogP contribution in [0.1, 0.15) is 25.0 Å². The summed E-state index contributed by atoms with van der Waals surface area (Å²) in [6.07, 6.45) is 4.30. The van der Waals surface area contributed by atoms with Gasteiger partial charge in [-0.3, -0.25) is 9.79 Å². The number of piperidine rings is 1. The Hall–Kier alpha value is -1.62. The molecule has 0 radical (unpaired) electrons. The number of hydrogen-bond acceptors (Lipinski definition) is 5. The van der Waals surface area contributed by atoms with Gasteiger partial charge in [0.05, 0.1) is 17.1 Å². The van der Waals surface area contributed by atoms with E-state index in [4.69, 9.17) is 4.42 Å². The maximum atomic E-state index is 11.5. The maximum absolute atomic E-state index is 11.5. The fraction of sp³-hybridized carbons (Fsp3) is 0.500. The van der Waals surface area contributed by atoms with Crippen LogP contribution in [-0.4, -0.2) is 48.9 Å². The molecule has 0 unspecified atom stereocenters. The normalized spacial score (nSPS) is 15.3. The third-order valence-corrected chi connectivity index (χ3v) is 5.45. The fourth-order valence-corrected chi connectivity index (χ4v) is 3.77. The summed E-state index contributed by atoms with van der Waals surface area (Å²) < 4.78 is 5.55. The molecule has 0 saturated carbocycles. The van der Waals surface area contributed by atoms with Crippen LogP contribution in [0.15, 0.2) is 33.2 Å². The topological polar surface area (TPSA) is 82.8 Å². The minimum Gasteiger partial charge on any atom is -0.443 e. The second-order valence-electron chi connectivity index (χ2n) is 6.33. The molecule has 1 aliphatic heterocycles. The van der Waals surface area contributed by atoms with E-state index in [1.807, 2.05) is 17.5 Å². The zero-order valence-corrected chi connectivity index (χ0v) is 18.8. The molecule has 2 aromatic heterocycles. The van der Waals surface area contributed by atoms with Crippen molar-refractivity contribution >= 4 is 47.2 Å². The first kappa shape index (κ1) is 21.7. The van der Waals surface area contributed by atoms with Crippen LogP contribution in [0.5, 0.6) is 0 Å². The number of aliphatic imine (C=N–C) groups is 1. The predicted octanol–water partition coefficient (Wildman–Crippen LogP) is 2.94. The number of nitrogens with zero attached hydrogens (tertiary/aromatic N) is 3. The van der Waals surface area contributed by atoms with Gasteiger partial charge in [0.1, 0.15) is 6.26 Å². The van der Waals surface area contributed by atoms with Crippen molar-refractivity contribution in [3.05, 3.63) is 29.5 Å². The van der Waals surface area contributed by atoms with Crippen molar-refractivity contribution in [2.75, 3.05) is 27.2 Å². The second-order valence-corrected chi connectivity index (χ2v) is 7.28. The van der Waals surface area contributed by atoms with Crippen LogP contribution in [-0.2, 0) is 11.3 Å². The van der Waals surface area contributed by atoms with Gasteiger partial charge in [-0.2, -0.15) is 0 Å². The van der Waals surface area contributed by atoms with Crippen molar-refractivity contribution < 1.29 is 9.21 Å². The molecule has 0 aromatic carbocycles. The van der Waals surface area contributed by atoms with Crippen LogP contribution in [0.3, 0.4) is 0 Å². The average molecular weight is 503 g/mol. The number of carbonyl (C=O) groups excluding carboxylic acids is 1. The molecule has 1 fully saturated rings. The molecule has 148 valence electrons.